The van der Waals surface area contributed by atoms with Crippen LogP contribution < -0.4 is 10.6 Å². The highest BCUT2D eigenvalue weighted by Gasteiger charge is 2.44. The molecule has 0 aromatic heterocycles. The van der Waals surface area contributed by atoms with E-state index in [4.69, 9.17) is 5.11 Å². The summed E-state index contributed by atoms with van der Waals surface area (Å²) in [6.07, 6.45) is 5.43. The van der Waals surface area contributed by atoms with Crippen molar-refractivity contribution < 1.29 is 14.7 Å². The van der Waals surface area contributed by atoms with Gasteiger partial charge in [0, 0.05) is 12.1 Å². The number of carbonyl (C=O) groups is 2. The number of hydrogen-bond acceptors (Lipinski definition) is 2. The van der Waals surface area contributed by atoms with Gasteiger partial charge in [0.2, 0.25) is 0 Å². The van der Waals surface area contributed by atoms with Crippen LogP contribution in [-0.2, 0) is 4.79 Å². The predicted octanol–water partition coefficient (Wildman–Crippen LogP) is 1.48. The van der Waals surface area contributed by atoms with Crippen molar-refractivity contribution in [3.8, 4) is 0 Å². The van der Waals surface area contributed by atoms with Crippen molar-refractivity contribution in [3.63, 3.8) is 0 Å². The van der Waals surface area contributed by atoms with E-state index in [2.05, 4.69) is 10.6 Å². The minimum absolute atomic E-state index is 0.0833. The molecule has 0 saturated heterocycles. The predicted molar refractivity (Wildman–Crippen MR) is 62.7 cm³/mol. The maximum absolute atomic E-state index is 11.6. The highest BCUT2D eigenvalue weighted by Crippen LogP contribution is 2.40. The van der Waals surface area contributed by atoms with E-state index in [9.17, 15) is 9.59 Å². The van der Waals surface area contributed by atoms with Crippen LogP contribution in [0, 0.1) is 5.41 Å². The summed E-state index contributed by atoms with van der Waals surface area (Å²) in [5, 5.41) is 14.7. The van der Waals surface area contributed by atoms with Crippen LogP contribution in [0.1, 0.15) is 45.4 Å². The normalized spacial score (nSPS) is 24.1. The molecule has 5 nitrogen and oxygen atoms in total. The summed E-state index contributed by atoms with van der Waals surface area (Å²) >= 11 is 0. The van der Waals surface area contributed by atoms with Crippen molar-refractivity contribution in [2.75, 3.05) is 6.54 Å². The number of amides is 2. The number of carbonyl (C=O) groups excluding carboxylic acids is 1. The molecule has 96 valence electrons. The van der Waals surface area contributed by atoms with Crippen LogP contribution in [0.2, 0.25) is 0 Å². The van der Waals surface area contributed by atoms with Crippen molar-refractivity contribution in [1.82, 2.24) is 10.6 Å². The molecule has 17 heavy (non-hydrogen) atoms. The largest absolute Gasteiger partial charge is 0.481 e. The van der Waals surface area contributed by atoms with Gasteiger partial charge < -0.3 is 15.7 Å². The molecule has 2 amide bonds. The van der Waals surface area contributed by atoms with Crippen LogP contribution in [0.25, 0.3) is 0 Å². The maximum atomic E-state index is 11.6. The van der Waals surface area contributed by atoms with Gasteiger partial charge in [0.05, 0.1) is 5.41 Å². The fourth-order valence-corrected chi connectivity index (χ4v) is 2.47. The van der Waals surface area contributed by atoms with E-state index in [1.54, 1.807) is 0 Å². The number of urea groups is 1. The number of carboxylic acid groups (broad SMARTS) is 1. The number of carboxylic acids is 1. The van der Waals surface area contributed by atoms with Gasteiger partial charge >= 0.3 is 12.0 Å². The Hall–Kier alpha value is -1.26. The molecular formula is C12H20N2O3. The second kappa shape index (κ2) is 4.20. The Morgan fingerprint density at radius 2 is 1.76 bits per heavy atom. The van der Waals surface area contributed by atoms with Crippen molar-refractivity contribution >= 4 is 12.0 Å². The average Bonchev–Trinajstić information content (AvgIpc) is 2.13. The fourth-order valence-electron chi connectivity index (χ4n) is 2.47. The van der Waals surface area contributed by atoms with Gasteiger partial charge in [-0.25, -0.2) is 4.79 Å². The van der Waals surface area contributed by atoms with Gasteiger partial charge in [-0.3, -0.25) is 4.79 Å². The summed E-state index contributed by atoms with van der Waals surface area (Å²) in [6.45, 7) is 2.26. The molecule has 0 aromatic rings. The van der Waals surface area contributed by atoms with Crippen LogP contribution >= 0.6 is 0 Å². The van der Waals surface area contributed by atoms with Gasteiger partial charge in [-0.1, -0.05) is 6.42 Å². The summed E-state index contributed by atoms with van der Waals surface area (Å²) in [5.41, 5.74) is -0.794. The van der Waals surface area contributed by atoms with Gasteiger partial charge in [0.1, 0.15) is 0 Å². The molecule has 0 bridgehead atoms. The van der Waals surface area contributed by atoms with E-state index < -0.39 is 11.4 Å². The number of hydrogen-bond donors (Lipinski definition) is 3. The Bertz CT molecular complexity index is 333. The first-order valence-corrected chi connectivity index (χ1v) is 6.25. The lowest BCUT2D eigenvalue weighted by Gasteiger charge is -2.40. The van der Waals surface area contributed by atoms with E-state index in [-0.39, 0.29) is 18.1 Å². The van der Waals surface area contributed by atoms with Crippen LogP contribution in [0.15, 0.2) is 0 Å². The second-order valence-corrected chi connectivity index (χ2v) is 5.66. The molecule has 0 unspecified atom stereocenters. The Morgan fingerprint density at radius 1 is 1.18 bits per heavy atom. The SMILES string of the molecule is CC1(NC(=O)NCC2(C(=O)O)CCC2)CCC1. The summed E-state index contributed by atoms with van der Waals surface area (Å²) in [6, 6.07) is -0.236. The van der Waals surface area contributed by atoms with Gasteiger partial charge in [0.15, 0.2) is 0 Å². The molecular weight excluding hydrogens is 220 g/mol. The molecule has 0 aromatic carbocycles. The van der Waals surface area contributed by atoms with Gasteiger partial charge in [-0.2, -0.15) is 0 Å². The van der Waals surface area contributed by atoms with Crippen LogP contribution in [0.5, 0.6) is 0 Å². The molecule has 2 rings (SSSR count). The van der Waals surface area contributed by atoms with Gasteiger partial charge in [0.25, 0.3) is 0 Å². The number of rotatable bonds is 4. The molecule has 0 aliphatic heterocycles. The fraction of sp³-hybridized carbons (Fsp3) is 0.833. The Kier molecular flexibility index (Phi) is 3.02. The summed E-state index contributed by atoms with van der Waals surface area (Å²) in [7, 11) is 0. The first kappa shape index (κ1) is 12.2. The zero-order valence-corrected chi connectivity index (χ0v) is 10.2. The summed E-state index contributed by atoms with van der Waals surface area (Å²) < 4.78 is 0. The molecule has 0 spiro atoms. The van der Waals surface area contributed by atoms with Crippen LogP contribution in [0.3, 0.4) is 0 Å². The quantitative estimate of drug-likeness (QED) is 0.696. The molecule has 0 heterocycles. The van der Waals surface area contributed by atoms with E-state index in [0.717, 1.165) is 25.7 Å². The van der Waals surface area contributed by atoms with E-state index in [1.165, 1.54) is 0 Å². The lowest BCUT2D eigenvalue weighted by Crippen LogP contribution is -2.56. The lowest BCUT2D eigenvalue weighted by molar-refractivity contribution is -0.153. The first-order valence-electron chi connectivity index (χ1n) is 6.25. The third kappa shape index (κ3) is 2.37. The second-order valence-electron chi connectivity index (χ2n) is 5.66. The highest BCUT2D eigenvalue weighted by molar-refractivity contribution is 5.79. The minimum atomic E-state index is -0.793. The minimum Gasteiger partial charge on any atom is -0.481 e. The lowest BCUT2D eigenvalue weighted by atomic mass is 9.69. The Labute approximate surface area is 101 Å². The Morgan fingerprint density at radius 3 is 2.12 bits per heavy atom. The molecule has 2 aliphatic carbocycles. The van der Waals surface area contributed by atoms with Crippen molar-refractivity contribution in [2.45, 2.75) is 51.0 Å². The molecule has 2 aliphatic rings. The van der Waals surface area contributed by atoms with E-state index in [1.807, 2.05) is 6.92 Å². The number of aliphatic carboxylic acids is 1. The zero-order valence-electron chi connectivity index (χ0n) is 10.2. The molecule has 0 atom stereocenters. The first-order chi connectivity index (χ1) is 7.96. The molecule has 2 saturated carbocycles. The number of nitrogens with one attached hydrogen (secondary N) is 2. The van der Waals surface area contributed by atoms with Crippen molar-refractivity contribution in [3.05, 3.63) is 0 Å². The van der Waals surface area contributed by atoms with E-state index >= 15 is 0 Å². The smallest absolute Gasteiger partial charge is 0.315 e. The summed E-state index contributed by atoms with van der Waals surface area (Å²) in [4.78, 5) is 22.7. The van der Waals surface area contributed by atoms with Crippen LogP contribution in [-0.4, -0.2) is 29.2 Å². The maximum Gasteiger partial charge on any atom is 0.315 e. The molecule has 5 heteroatoms. The molecule has 0 radical (unpaired) electrons. The van der Waals surface area contributed by atoms with Gasteiger partial charge in [-0.15, -0.1) is 0 Å². The van der Waals surface area contributed by atoms with E-state index in [0.29, 0.717) is 12.8 Å². The summed E-state index contributed by atoms with van der Waals surface area (Å²) in [5.74, 6) is -0.793. The Balaban J connectivity index is 1.77. The monoisotopic (exact) mass is 240 g/mol. The molecule has 2 fully saturated rings. The third-order valence-electron chi connectivity index (χ3n) is 4.22. The average molecular weight is 240 g/mol. The standard InChI is InChI=1S/C12H20N2O3/c1-11(4-2-5-11)14-10(17)13-8-12(9(15)16)6-3-7-12/h2-8H2,1H3,(H,15,16)(H2,13,14,17). The topological polar surface area (TPSA) is 78.4 Å². The zero-order chi connectivity index (χ0) is 12.5. The third-order valence-corrected chi connectivity index (χ3v) is 4.22. The molecule has 3 N–H and O–H groups in total. The van der Waals surface area contributed by atoms with Crippen molar-refractivity contribution in [1.29, 1.82) is 0 Å². The van der Waals surface area contributed by atoms with Gasteiger partial charge in [-0.05, 0) is 39.0 Å². The van der Waals surface area contributed by atoms with Crippen LogP contribution in [0.4, 0.5) is 4.79 Å². The highest BCUT2D eigenvalue weighted by atomic mass is 16.4. The van der Waals surface area contributed by atoms with Crippen molar-refractivity contribution in [2.24, 2.45) is 5.41 Å².